The van der Waals surface area contributed by atoms with Crippen molar-refractivity contribution in [1.82, 2.24) is 4.90 Å². The van der Waals surface area contributed by atoms with Gasteiger partial charge in [0.25, 0.3) is 0 Å². The quantitative estimate of drug-likeness (QED) is 0.400. The van der Waals surface area contributed by atoms with E-state index in [1.54, 1.807) is 7.11 Å². The van der Waals surface area contributed by atoms with Crippen molar-refractivity contribution in [1.29, 1.82) is 0 Å². The zero-order valence-corrected chi connectivity index (χ0v) is 16.5. The topological polar surface area (TPSA) is 46.4 Å². The van der Waals surface area contributed by atoms with Crippen LogP contribution in [0.4, 0.5) is 5.69 Å². The first-order valence-corrected chi connectivity index (χ1v) is 9.32. The summed E-state index contributed by atoms with van der Waals surface area (Å²) < 4.78 is 6.08. The minimum absolute atomic E-state index is 0.791. The Kier molecular flexibility index (Phi) is 6.12. The number of hydrogen-bond acceptors (Lipinski definition) is 4. The average Bonchev–Trinajstić information content (AvgIpc) is 3.18. The molecule has 0 N–H and O–H groups in total. The molecule has 1 heterocycles. The van der Waals surface area contributed by atoms with Gasteiger partial charge >= 0.3 is 0 Å². The molecule has 1 aliphatic rings. The van der Waals surface area contributed by atoms with E-state index in [2.05, 4.69) is 34.1 Å². The van der Waals surface area contributed by atoms with E-state index in [1.807, 2.05) is 44.5 Å². The van der Waals surface area contributed by atoms with E-state index in [4.69, 9.17) is 9.57 Å². The molecular formula is C22H27N3O2. The highest BCUT2D eigenvalue weighted by atomic mass is 16.6. The third-order valence-electron chi connectivity index (χ3n) is 4.72. The van der Waals surface area contributed by atoms with Gasteiger partial charge in [-0.25, -0.2) is 4.99 Å². The van der Waals surface area contributed by atoms with Gasteiger partial charge in [-0.1, -0.05) is 5.16 Å². The zero-order valence-electron chi connectivity index (χ0n) is 16.5. The lowest BCUT2D eigenvalue weighted by molar-refractivity contribution is 0.213. The van der Waals surface area contributed by atoms with Crippen LogP contribution >= 0.6 is 0 Å². The molecule has 2 aromatic carbocycles. The third-order valence-corrected chi connectivity index (χ3v) is 4.72. The van der Waals surface area contributed by atoms with E-state index < -0.39 is 0 Å². The Balaban J connectivity index is 1.73. The molecule has 0 radical (unpaired) electrons. The van der Waals surface area contributed by atoms with Crippen LogP contribution in [0.25, 0.3) is 0 Å². The summed E-state index contributed by atoms with van der Waals surface area (Å²) in [5.74, 6) is 1.64. The van der Waals surface area contributed by atoms with Crippen molar-refractivity contribution in [3.8, 4) is 11.5 Å². The number of oxime groups is 1. The summed E-state index contributed by atoms with van der Waals surface area (Å²) in [6.07, 6.45) is 4.48. The molecule has 5 nitrogen and oxygen atoms in total. The van der Waals surface area contributed by atoms with Crippen LogP contribution in [0.1, 0.15) is 36.5 Å². The first kappa shape index (κ1) is 19.0. The Labute approximate surface area is 161 Å². The van der Waals surface area contributed by atoms with Crippen LogP contribution in [-0.4, -0.2) is 37.1 Å². The Hall–Kier alpha value is -2.82. The van der Waals surface area contributed by atoms with Gasteiger partial charge in [-0.05, 0) is 86.7 Å². The van der Waals surface area contributed by atoms with Crippen LogP contribution < -0.4 is 4.74 Å². The smallest absolute Gasteiger partial charge is 0.130 e. The monoisotopic (exact) mass is 365 g/mol. The van der Waals surface area contributed by atoms with E-state index in [0.29, 0.717) is 0 Å². The maximum absolute atomic E-state index is 6.08. The number of rotatable bonds is 6. The largest absolute Gasteiger partial charge is 0.457 e. The third kappa shape index (κ3) is 4.88. The van der Waals surface area contributed by atoms with Crippen molar-refractivity contribution < 1.29 is 9.57 Å². The first-order chi connectivity index (χ1) is 13.1. The molecule has 0 amide bonds. The van der Waals surface area contributed by atoms with E-state index in [0.717, 1.165) is 52.7 Å². The fraction of sp³-hybridized carbons (Fsp3) is 0.364. The molecule has 0 aromatic heterocycles. The van der Waals surface area contributed by atoms with Gasteiger partial charge in [-0.2, -0.15) is 0 Å². The van der Waals surface area contributed by atoms with Crippen LogP contribution in [-0.2, 0) is 4.84 Å². The molecule has 2 aromatic rings. The predicted molar refractivity (Wildman–Crippen MR) is 111 cm³/mol. The van der Waals surface area contributed by atoms with Gasteiger partial charge in [-0.15, -0.1) is 0 Å². The molecule has 1 saturated heterocycles. The minimum Gasteiger partial charge on any atom is -0.457 e. The Morgan fingerprint density at radius 1 is 1.04 bits per heavy atom. The molecule has 0 bridgehead atoms. The van der Waals surface area contributed by atoms with Gasteiger partial charge in [0.05, 0.1) is 17.7 Å². The number of aliphatic imine (C=N–C) groups is 1. The summed E-state index contributed by atoms with van der Waals surface area (Å²) in [4.78, 5) is 11.8. The lowest BCUT2D eigenvalue weighted by Crippen LogP contribution is -2.16. The van der Waals surface area contributed by atoms with Crippen molar-refractivity contribution >= 4 is 17.7 Å². The maximum Gasteiger partial charge on any atom is 0.130 e. The number of likely N-dealkylation sites (tertiary alicyclic amines) is 1. The first-order valence-electron chi connectivity index (χ1n) is 9.32. The van der Waals surface area contributed by atoms with Crippen LogP contribution in [0.5, 0.6) is 11.5 Å². The van der Waals surface area contributed by atoms with Crippen LogP contribution in [0, 0.1) is 13.8 Å². The Morgan fingerprint density at radius 2 is 1.74 bits per heavy atom. The number of hydrogen-bond donors (Lipinski definition) is 0. The molecule has 5 heteroatoms. The summed E-state index contributed by atoms with van der Waals surface area (Å²) in [6.45, 7) is 8.23. The molecule has 0 aliphatic carbocycles. The fourth-order valence-corrected chi connectivity index (χ4v) is 3.11. The Morgan fingerprint density at radius 3 is 2.41 bits per heavy atom. The van der Waals surface area contributed by atoms with Gasteiger partial charge in [0.1, 0.15) is 18.6 Å². The highest BCUT2D eigenvalue weighted by molar-refractivity contribution is 5.98. The molecule has 0 atom stereocenters. The molecule has 0 spiro atoms. The summed E-state index contributed by atoms with van der Waals surface area (Å²) in [5, 5.41) is 3.95. The Bertz CT molecular complexity index is 835. The van der Waals surface area contributed by atoms with Crippen molar-refractivity contribution in [2.75, 3.05) is 20.2 Å². The maximum atomic E-state index is 6.08. The number of benzene rings is 2. The average molecular weight is 365 g/mol. The van der Waals surface area contributed by atoms with Crippen molar-refractivity contribution in [3.63, 3.8) is 0 Å². The van der Waals surface area contributed by atoms with Gasteiger partial charge in [0, 0.05) is 13.1 Å². The zero-order chi connectivity index (χ0) is 19.2. The summed E-state index contributed by atoms with van der Waals surface area (Å²) in [7, 11) is 1.55. The normalized spacial score (nSPS) is 14.8. The van der Waals surface area contributed by atoms with Crippen LogP contribution in [0.3, 0.4) is 0 Å². The van der Waals surface area contributed by atoms with Gasteiger partial charge in [0.2, 0.25) is 0 Å². The SMILES string of the molecule is CON=C(C)c1ccc(Oc2cc(C)c(N=CN3CCCC3)cc2C)cc1. The highest BCUT2D eigenvalue weighted by Gasteiger charge is 2.09. The second-order valence-electron chi connectivity index (χ2n) is 6.88. The second kappa shape index (κ2) is 8.71. The lowest BCUT2D eigenvalue weighted by Gasteiger charge is -2.13. The second-order valence-corrected chi connectivity index (χ2v) is 6.88. The molecule has 27 heavy (non-hydrogen) atoms. The van der Waals surface area contributed by atoms with E-state index >= 15 is 0 Å². The standard InChI is InChI=1S/C22H27N3O2/c1-16-14-22(17(2)13-21(16)23-15-25-11-5-6-12-25)27-20-9-7-19(8-10-20)18(3)24-26-4/h7-10,13-15H,5-6,11-12H2,1-4H3. The predicted octanol–water partition coefficient (Wildman–Crippen LogP) is 5.22. The molecular weight excluding hydrogens is 338 g/mol. The lowest BCUT2D eigenvalue weighted by atomic mass is 10.1. The number of ether oxygens (including phenoxy) is 1. The highest BCUT2D eigenvalue weighted by Crippen LogP contribution is 2.31. The van der Waals surface area contributed by atoms with Gasteiger partial charge in [0.15, 0.2) is 0 Å². The number of aryl methyl sites for hydroxylation is 2. The molecule has 1 fully saturated rings. The molecule has 142 valence electrons. The van der Waals surface area contributed by atoms with Crippen LogP contribution in [0.15, 0.2) is 46.5 Å². The molecule has 0 unspecified atom stereocenters. The molecule has 3 rings (SSSR count). The van der Waals surface area contributed by atoms with Crippen molar-refractivity contribution in [2.45, 2.75) is 33.6 Å². The van der Waals surface area contributed by atoms with Gasteiger partial charge in [-0.3, -0.25) is 0 Å². The molecule has 1 aliphatic heterocycles. The number of nitrogens with zero attached hydrogens (tertiary/aromatic N) is 3. The fourth-order valence-electron chi connectivity index (χ4n) is 3.11. The van der Waals surface area contributed by atoms with Crippen LogP contribution in [0.2, 0.25) is 0 Å². The summed E-state index contributed by atoms with van der Waals surface area (Å²) in [5.41, 5.74) is 5.00. The van der Waals surface area contributed by atoms with E-state index in [1.165, 1.54) is 12.8 Å². The van der Waals surface area contributed by atoms with Crippen molar-refractivity contribution in [2.24, 2.45) is 10.1 Å². The van der Waals surface area contributed by atoms with Crippen molar-refractivity contribution in [3.05, 3.63) is 53.1 Å². The summed E-state index contributed by atoms with van der Waals surface area (Å²) in [6, 6.07) is 12.0. The summed E-state index contributed by atoms with van der Waals surface area (Å²) >= 11 is 0. The van der Waals surface area contributed by atoms with E-state index in [-0.39, 0.29) is 0 Å². The van der Waals surface area contributed by atoms with E-state index in [9.17, 15) is 0 Å². The minimum atomic E-state index is 0.791. The van der Waals surface area contributed by atoms with Gasteiger partial charge < -0.3 is 14.5 Å². The molecule has 0 saturated carbocycles.